The van der Waals surface area contributed by atoms with Gasteiger partial charge in [0.1, 0.15) is 6.04 Å². The zero-order valence-electron chi connectivity index (χ0n) is 24.1. The Bertz CT molecular complexity index is 1740. The maximum atomic E-state index is 14.4. The number of rotatable bonds is 6. The van der Waals surface area contributed by atoms with E-state index in [4.69, 9.17) is 0 Å². The van der Waals surface area contributed by atoms with Crippen LogP contribution in [0.5, 0.6) is 0 Å². The van der Waals surface area contributed by atoms with Crippen molar-refractivity contribution in [3.05, 3.63) is 107 Å². The van der Waals surface area contributed by atoms with Crippen LogP contribution < -0.4 is 15.1 Å². The lowest BCUT2D eigenvalue weighted by Crippen LogP contribution is -2.53. The summed E-state index contributed by atoms with van der Waals surface area (Å²) in [6.07, 6.45) is 2.46. The van der Waals surface area contributed by atoms with Crippen molar-refractivity contribution in [2.45, 2.75) is 46.3 Å². The highest BCUT2D eigenvalue weighted by atomic mass is 16.2. The third-order valence-electron chi connectivity index (χ3n) is 8.49. The van der Waals surface area contributed by atoms with E-state index in [1.807, 2.05) is 75.5 Å². The number of aryl methyl sites for hydroxylation is 1. The maximum Gasteiger partial charge on any atom is 0.258 e. The Morgan fingerprint density at radius 1 is 1.00 bits per heavy atom. The van der Waals surface area contributed by atoms with Gasteiger partial charge < -0.3 is 15.1 Å². The normalized spacial score (nSPS) is 16.6. The third-order valence-corrected chi connectivity index (χ3v) is 8.49. The van der Waals surface area contributed by atoms with E-state index < -0.39 is 6.04 Å². The molecule has 2 heterocycles. The largest absolute Gasteiger partial charge is 0.342 e. The van der Waals surface area contributed by atoms with E-state index in [9.17, 15) is 14.4 Å². The first-order chi connectivity index (χ1) is 20.4. The van der Waals surface area contributed by atoms with Gasteiger partial charge in [-0.2, -0.15) is 0 Å². The molecular weight excluding hydrogens is 524 g/mol. The van der Waals surface area contributed by atoms with Gasteiger partial charge in [-0.3, -0.25) is 19.4 Å². The summed E-state index contributed by atoms with van der Waals surface area (Å²) < 4.78 is 0. The topological polar surface area (TPSA) is 82.1 Å². The van der Waals surface area contributed by atoms with Gasteiger partial charge in [-0.1, -0.05) is 68.4 Å². The highest BCUT2D eigenvalue weighted by Crippen LogP contribution is 2.36. The van der Waals surface area contributed by atoms with Crippen LogP contribution in [0.25, 0.3) is 10.8 Å². The zero-order chi connectivity index (χ0) is 29.4. The number of fused-ring (bicyclic) bond motifs is 3. The summed E-state index contributed by atoms with van der Waals surface area (Å²) in [6.45, 7) is 6.70. The lowest BCUT2D eigenvalue weighted by atomic mass is 9.99. The van der Waals surface area contributed by atoms with Crippen molar-refractivity contribution in [1.29, 1.82) is 0 Å². The molecule has 7 nitrogen and oxygen atoms in total. The number of aliphatic imine (C=N–C) groups is 1. The molecule has 212 valence electrons. The number of carbonyl (C=O) groups is 3. The van der Waals surface area contributed by atoms with Crippen molar-refractivity contribution in [3.63, 3.8) is 0 Å². The average molecular weight is 559 g/mol. The average Bonchev–Trinajstić information content (AvgIpc) is 3.46. The number of amides is 3. The lowest BCUT2D eigenvalue weighted by Gasteiger charge is -2.27. The van der Waals surface area contributed by atoms with Crippen LogP contribution in [0.1, 0.15) is 52.9 Å². The van der Waals surface area contributed by atoms with Crippen LogP contribution in [-0.4, -0.2) is 36.5 Å². The van der Waals surface area contributed by atoms with E-state index in [1.54, 1.807) is 15.9 Å². The SMILES string of the molecule is CC[C@@H](C)C(=O)N[C@H]1CN(C(=O)c2ccc3c(c2)CN=C3)c2ccccc2N(Cc2c(C)ccc3ccccc23)C1=O. The fraction of sp³-hybridized carbons (Fsp3) is 0.257. The molecule has 2 aliphatic rings. The highest BCUT2D eigenvalue weighted by molar-refractivity contribution is 6.13. The van der Waals surface area contributed by atoms with Crippen molar-refractivity contribution in [1.82, 2.24) is 5.32 Å². The molecule has 0 radical (unpaired) electrons. The molecule has 2 aliphatic heterocycles. The quantitative estimate of drug-likeness (QED) is 0.325. The molecule has 4 aromatic rings. The van der Waals surface area contributed by atoms with Crippen LogP contribution in [-0.2, 0) is 22.7 Å². The van der Waals surface area contributed by atoms with Crippen LogP contribution in [0.4, 0.5) is 11.4 Å². The molecule has 0 bridgehead atoms. The first kappa shape index (κ1) is 27.4. The molecule has 2 atom stereocenters. The van der Waals surface area contributed by atoms with Crippen LogP contribution in [0, 0.1) is 12.8 Å². The number of anilines is 2. The number of carbonyl (C=O) groups excluding carboxylic acids is 3. The Morgan fingerprint density at radius 3 is 2.57 bits per heavy atom. The minimum absolute atomic E-state index is 0.0233. The number of nitrogens with one attached hydrogen (secondary N) is 1. The van der Waals surface area contributed by atoms with Gasteiger partial charge in [-0.15, -0.1) is 0 Å². The van der Waals surface area contributed by atoms with Gasteiger partial charge in [0, 0.05) is 17.7 Å². The van der Waals surface area contributed by atoms with Gasteiger partial charge in [0.25, 0.3) is 11.8 Å². The Hall–Kier alpha value is -4.78. The fourth-order valence-electron chi connectivity index (χ4n) is 5.76. The smallest absolute Gasteiger partial charge is 0.258 e. The van der Waals surface area contributed by atoms with E-state index in [-0.39, 0.29) is 30.2 Å². The number of hydrogen-bond acceptors (Lipinski definition) is 4. The van der Waals surface area contributed by atoms with Gasteiger partial charge in [0.05, 0.1) is 31.0 Å². The monoisotopic (exact) mass is 558 g/mol. The predicted molar refractivity (Wildman–Crippen MR) is 167 cm³/mol. The number of para-hydroxylation sites is 2. The Kier molecular flexibility index (Phi) is 7.33. The summed E-state index contributed by atoms with van der Waals surface area (Å²) in [7, 11) is 0. The van der Waals surface area contributed by atoms with Crippen molar-refractivity contribution >= 4 is 46.1 Å². The minimum Gasteiger partial charge on any atom is -0.342 e. The molecule has 0 aromatic heterocycles. The van der Waals surface area contributed by atoms with E-state index in [0.29, 0.717) is 36.4 Å². The molecule has 4 aromatic carbocycles. The summed E-state index contributed by atoms with van der Waals surface area (Å²) in [5, 5.41) is 5.16. The van der Waals surface area contributed by atoms with Crippen LogP contribution >= 0.6 is 0 Å². The van der Waals surface area contributed by atoms with E-state index in [2.05, 4.69) is 34.6 Å². The van der Waals surface area contributed by atoms with Gasteiger partial charge in [-0.05, 0) is 70.6 Å². The number of benzene rings is 4. The Balaban J connectivity index is 1.46. The van der Waals surface area contributed by atoms with Crippen molar-refractivity contribution in [2.75, 3.05) is 16.3 Å². The van der Waals surface area contributed by atoms with Gasteiger partial charge in [0.15, 0.2) is 0 Å². The molecule has 0 unspecified atom stereocenters. The molecule has 0 saturated heterocycles. The second-order valence-electron chi connectivity index (χ2n) is 11.2. The molecule has 42 heavy (non-hydrogen) atoms. The Morgan fingerprint density at radius 2 is 1.76 bits per heavy atom. The molecule has 3 amide bonds. The van der Waals surface area contributed by atoms with Gasteiger partial charge >= 0.3 is 0 Å². The van der Waals surface area contributed by atoms with E-state index in [0.717, 1.165) is 33.0 Å². The van der Waals surface area contributed by atoms with Gasteiger partial charge in [0.2, 0.25) is 5.91 Å². The minimum atomic E-state index is -0.920. The summed E-state index contributed by atoms with van der Waals surface area (Å²) >= 11 is 0. The van der Waals surface area contributed by atoms with E-state index in [1.165, 1.54) is 0 Å². The third kappa shape index (κ3) is 4.96. The Labute approximate surface area is 245 Å². The molecular formula is C35H34N4O3. The van der Waals surface area contributed by atoms with Crippen LogP contribution in [0.2, 0.25) is 0 Å². The molecule has 0 saturated carbocycles. The molecule has 0 spiro atoms. The second kappa shape index (κ2) is 11.2. The van der Waals surface area contributed by atoms with Crippen molar-refractivity contribution < 1.29 is 14.4 Å². The van der Waals surface area contributed by atoms with Gasteiger partial charge in [-0.25, -0.2) is 0 Å². The molecule has 7 heteroatoms. The number of hydrogen-bond donors (Lipinski definition) is 1. The summed E-state index contributed by atoms with van der Waals surface area (Å²) in [5.41, 5.74) is 5.88. The van der Waals surface area contributed by atoms with Crippen LogP contribution in [0.3, 0.4) is 0 Å². The summed E-state index contributed by atoms with van der Waals surface area (Å²) in [6, 6.07) is 24.5. The predicted octanol–water partition coefficient (Wildman–Crippen LogP) is 5.81. The summed E-state index contributed by atoms with van der Waals surface area (Å²) in [4.78, 5) is 49.4. The lowest BCUT2D eigenvalue weighted by molar-refractivity contribution is -0.129. The fourth-order valence-corrected chi connectivity index (χ4v) is 5.76. The second-order valence-corrected chi connectivity index (χ2v) is 11.2. The van der Waals surface area contributed by atoms with E-state index >= 15 is 0 Å². The number of nitrogens with zero attached hydrogens (tertiary/aromatic N) is 3. The molecule has 6 rings (SSSR count). The standard InChI is InChI=1S/C35H34N4O3/c1-4-22(2)33(40)37-30-21-39(34(41)25-15-16-26-18-36-19-27(26)17-25)32-12-8-7-11-31(32)38(35(30)42)20-29-23(3)13-14-24-9-5-6-10-28(24)29/h5-18,22,30H,4,19-21H2,1-3H3,(H,37,40)/t22-,30+/m1/s1. The molecule has 0 aliphatic carbocycles. The van der Waals surface area contributed by atoms with Crippen LogP contribution in [0.15, 0.2) is 83.9 Å². The zero-order valence-corrected chi connectivity index (χ0v) is 24.1. The first-order valence-electron chi connectivity index (χ1n) is 14.5. The first-order valence-corrected chi connectivity index (χ1v) is 14.5. The highest BCUT2D eigenvalue weighted by Gasteiger charge is 2.38. The van der Waals surface area contributed by atoms with Crippen molar-refractivity contribution in [3.8, 4) is 0 Å². The maximum absolute atomic E-state index is 14.4. The molecule has 0 fully saturated rings. The van der Waals surface area contributed by atoms with Crippen molar-refractivity contribution in [2.24, 2.45) is 10.9 Å². The molecule has 1 N–H and O–H groups in total. The summed E-state index contributed by atoms with van der Waals surface area (Å²) in [5.74, 6) is -0.941.